The lowest BCUT2D eigenvalue weighted by Gasteiger charge is -2.19. The molecular weight excluding hydrogens is 358 g/mol. The summed E-state index contributed by atoms with van der Waals surface area (Å²) in [6.07, 6.45) is -0.271. The molecule has 0 unspecified atom stereocenters. The zero-order chi connectivity index (χ0) is 20.4. The Balaban J connectivity index is 1.63. The van der Waals surface area contributed by atoms with E-state index in [0.29, 0.717) is 18.9 Å². The van der Waals surface area contributed by atoms with E-state index < -0.39 is 11.7 Å². The van der Waals surface area contributed by atoms with Crippen LogP contribution in [-0.4, -0.2) is 30.8 Å². The Morgan fingerprint density at radius 3 is 2.25 bits per heavy atom. The van der Waals surface area contributed by atoms with Crippen LogP contribution in [0, 0.1) is 0 Å². The van der Waals surface area contributed by atoms with Gasteiger partial charge in [-0.15, -0.1) is 0 Å². The van der Waals surface area contributed by atoms with Gasteiger partial charge in [-0.05, 0) is 44.0 Å². The third-order valence-electron chi connectivity index (χ3n) is 3.54. The van der Waals surface area contributed by atoms with E-state index in [9.17, 15) is 9.59 Å². The number of carbonyl (C=O) groups excluding carboxylic acids is 2. The van der Waals surface area contributed by atoms with Crippen LogP contribution in [0.1, 0.15) is 31.9 Å². The van der Waals surface area contributed by atoms with Crippen molar-refractivity contribution in [2.24, 2.45) is 0 Å². The Morgan fingerprint density at radius 2 is 1.61 bits per heavy atom. The highest BCUT2D eigenvalue weighted by molar-refractivity contribution is 5.73. The first kappa shape index (κ1) is 21.3. The monoisotopic (exact) mass is 385 g/mol. The number of carbonyl (C=O) groups is 2. The molecule has 0 saturated heterocycles. The van der Waals surface area contributed by atoms with Crippen LogP contribution in [0.4, 0.5) is 4.79 Å². The molecule has 0 spiro atoms. The smallest absolute Gasteiger partial charge is 0.407 e. The molecule has 2 rings (SSSR count). The second-order valence-electron chi connectivity index (χ2n) is 7.24. The maximum Gasteiger partial charge on any atom is 0.407 e. The largest absolute Gasteiger partial charge is 0.492 e. The summed E-state index contributed by atoms with van der Waals surface area (Å²) in [5.74, 6) is 0.395. The Bertz CT molecular complexity index is 751. The van der Waals surface area contributed by atoms with Crippen molar-refractivity contribution in [3.05, 3.63) is 65.7 Å². The quantitative estimate of drug-likeness (QED) is 0.551. The normalized spacial score (nSPS) is 10.8. The summed E-state index contributed by atoms with van der Waals surface area (Å²) in [6.45, 7) is 6.39. The third-order valence-corrected chi connectivity index (χ3v) is 3.54. The molecule has 0 bridgehead atoms. The lowest BCUT2D eigenvalue weighted by molar-refractivity contribution is -0.153. The van der Waals surface area contributed by atoms with Crippen LogP contribution in [-0.2, 0) is 27.3 Å². The number of ether oxygens (including phenoxy) is 3. The Morgan fingerprint density at radius 1 is 0.929 bits per heavy atom. The van der Waals surface area contributed by atoms with Gasteiger partial charge in [0.1, 0.15) is 24.6 Å². The summed E-state index contributed by atoms with van der Waals surface area (Å²) in [5.41, 5.74) is 1.29. The number of benzene rings is 2. The third kappa shape index (κ3) is 8.58. The highest BCUT2D eigenvalue weighted by atomic mass is 16.6. The molecule has 150 valence electrons. The van der Waals surface area contributed by atoms with Crippen molar-refractivity contribution >= 4 is 12.1 Å². The topological polar surface area (TPSA) is 73.9 Å². The molecule has 28 heavy (non-hydrogen) atoms. The van der Waals surface area contributed by atoms with Crippen molar-refractivity contribution in [2.45, 2.75) is 39.4 Å². The second-order valence-corrected chi connectivity index (χ2v) is 7.24. The first-order valence-electron chi connectivity index (χ1n) is 9.20. The van der Waals surface area contributed by atoms with Gasteiger partial charge >= 0.3 is 12.1 Å². The molecule has 0 heterocycles. The minimum absolute atomic E-state index is 0.215. The number of amides is 1. The lowest BCUT2D eigenvalue weighted by Crippen LogP contribution is -2.28. The van der Waals surface area contributed by atoms with Crippen LogP contribution in [0.3, 0.4) is 0 Å². The molecule has 2 aromatic rings. The summed E-state index contributed by atoms with van der Waals surface area (Å²) in [6, 6.07) is 16.7. The molecule has 6 nitrogen and oxygen atoms in total. The maximum atomic E-state index is 11.8. The fraction of sp³-hybridized carbons (Fsp3) is 0.364. The first-order valence-corrected chi connectivity index (χ1v) is 9.20. The molecule has 0 aromatic heterocycles. The lowest BCUT2D eigenvalue weighted by atomic mass is 10.1. The molecule has 0 radical (unpaired) electrons. The summed E-state index contributed by atoms with van der Waals surface area (Å²) in [7, 11) is 0. The summed E-state index contributed by atoms with van der Waals surface area (Å²) < 4.78 is 16.0. The fourth-order valence-electron chi connectivity index (χ4n) is 2.34. The van der Waals surface area contributed by atoms with Crippen LogP contribution < -0.4 is 10.1 Å². The van der Waals surface area contributed by atoms with E-state index in [1.807, 2.05) is 63.2 Å². The number of hydrogen-bond acceptors (Lipinski definition) is 5. The Labute approximate surface area is 165 Å². The molecule has 0 aliphatic carbocycles. The SMILES string of the molecule is CC(C)(C)OC(=O)Cc1ccc(OCCNC(=O)OCc2ccccc2)cc1. The molecule has 0 aliphatic heterocycles. The van der Waals surface area contributed by atoms with E-state index in [1.165, 1.54) is 0 Å². The van der Waals surface area contributed by atoms with Gasteiger partial charge in [-0.1, -0.05) is 42.5 Å². The van der Waals surface area contributed by atoms with Crippen molar-refractivity contribution in [1.82, 2.24) is 5.32 Å². The fourth-order valence-corrected chi connectivity index (χ4v) is 2.34. The van der Waals surface area contributed by atoms with Gasteiger partial charge in [-0.2, -0.15) is 0 Å². The van der Waals surface area contributed by atoms with Gasteiger partial charge in [0, 0.05) is 0 Å². The number of nitrogens with one attached hydrogen (secondary N) is 1. The van der Waals surface area contributed by atoms with Crippen molar-refractivity contribution in [3.8, 4) is 5.75 Å². The molecule has 6 heteroatoms. The van der Waals surface area contributed by atoms with Gasteiger partial charge in [0.2, 0.25) is 0 Å². The minimum atomic E-state index is -0.491. The van der Waals surface area contributed by atoms with Gasteiger partial charge in [-0.25, -0.2) is 4.79 Å². The van der Waals surface area contributed by atoms with E-state index >= 15 is 0 Å². The average molecular weight is 385 g/mol. The Hall–Kier alpha value is -3.02. The maximum absolute atomic E-state index is 11.8. The number of rotatable bonds is 8. The number of hydrogen-bond donors (Lipinski definition) is 1. The molecule has 2 aromatic carbocycles. The molecule has 1 amide bonds. The predicted molar refractivity (Wildman–Crippen MR) is 106 cm³/mol. The zero-order valence-electron chi connectivity index (χ0n) is 16.6. The molecule has 0 saturated carbocycles. The average Bonchev–Trinajstić information content (AvgIpc) is 2.64. The van der Waals surface area contributed by atoms with E-state index in [-0.39, 0.29) is 19.0 Å². The summed E-state index contributed by atoms with van der Waals surface area (Å²) >= 11 is 0. The van der Waals surface area contributed by atoms with Gasteiger partial charge < -0.3 is 19.5 Å². The Kier molecular flexibility index (Phi) is 7.87. The van der Waals surface area contributed by atoms with Gasteiger partial charge in [-0.3, -0.25) is 4.79 Å². The first-order chi connectivity index (χ1) is 13.3. The van der Waals surface area contributed by atoms with Crippen LogP contribution in [0.2, 0.25) is 0 Å². The van der Waals surface area contributed by atoms with E-state index in [2.05, 4.69) is 5.32 Å². The van der Waals surface area contributed by atoms with Gasteiger partial charge in [0.15, 0.2) is 0 Å². The summed E-state index contributed by atoms with van der Waals surface area (Å²) in [5, 5.41) is 2.63. The molecule has 0 aliphatic rings. The van der Waals surface area contributed by atoms with Crippen LogP contribution >= 0.6 is 0 Å². The highest BCUT2D eigenvalue weighted by Crippen LogP contribution is 2.14. The predicted octanol–water partition coefficient (Wildman–Crippen LogP) is 3.88. The standard InChI is InChI=1S/C22H27NO5/c1-22(2,3)28-20(24)15-17-9-11-19(12-10-17)26-14-13-23-21(25)27-16-18-7-5-4-6-8-18/h4-12H,13-16H2,1-3H3,(H,23,25). The summed E-state index contributed by atoms with van der Waals surface area (Å²) in [4.78, 5) is 23.5. The van der Waals surface area contributed by atoms with Crippen molar-refractivity contribution in [1.29, 1.82) is 0 Å². The van der Waals surface area contributed by atoms with Crippen LogP contribution in [0.25, 0.3) is 0 Å². The highest BCUT2D eigenvalue weighted by Gasteiger charge is 2.16. The van der Waals surface area contributed by atoms with Crippen LogP contribution in [0.5, 0.6) is 5.75 Å². The molecule has 0 atom stereocenters. The van der Waals surface area contributed by atoms with E-state index in [0.717, 1.165) is 11.1 Å². The van der Waals surface area contributed by atoms with Crippen LogP contribution in [0.15, 0.2) is 54.6 Å². The number of alkyl carbamates (subject to hydrolysis) is 1. The molecule has 1 N–H and O–H groups in total. The van der Waals surface area contributed by atoms with Crippen molar-refractivity contribution in [3.63, 3.8) is 0 Å². The molecule has 0 fully saturated rings. The zero-order valence-corrected chi connectivity index (χ0v) is 16.6. The van der Waals surface area contributed by atoms with Crippen molar-refractivity contribution in [2.75, 3.05) is 13.2 Å². The molecular formula is C22H27NO5. The van der Waals surface area contributed by atoms with Gasteiger partial charge in [0.05, 0.1) is 13.0 Å². The van der Waals surface area contributed by atoms with Crippen molar-refractivity contribution < 1.29 is 23.8 Å². The second kappa shape index (κ2) is 10.3. The van der Waals surface area contributed by atoms with Gasteiger partial charge in [0.25, 0.3) is 0 Å². The number of esters is 1. The minimum Gasteiger partial charge on any atom is -0.492 e. The van der Waals surface area contributed by atoms with E-state index in [4.69, 9.17) is 14.2 Å². The van der Waals surface area contributed by atoms with E-state index in [1.54, 1.807) is 12.1 Å².